The number of sulfonamides is 1. The molecule has 0 aliphatic carbocycles. The van der Waals surface area contributed by atoms with Crippen LogP contribution in [0.4, 0.5) is 0 Å². The summed E-state index contributed by atoms with van der Waals surface area (Å²) in [5.41, 5.74) is 0. The van der Waals surface area contributed by atoms with Crippen LogP contribution in [0.5, 0.6) is 0 Å². The molecule has 9 heteroatoms. The van der Waals surface area contributed by atoms with Crippen LogP contribution in [-0.2, 0) is 19.9 Å². The third-order valence-electron chi connectivity index (χ3n) is 2.92. The molecular formula is C10H13N3O4S2. The maximum atomic E-state index is 12.3. The normalized spacial score (nSPS) is 22.4. The van der Waals surface area contributed by atoms with Crippen LogP contribution in [-0.4, -0.2) is 55.2 Å². The Bertz CT molecular complexity index is 686. The number of rotatable bonds is 4. The van der Waals surface area contributed by atoms with E-state index in [0.29, 0.717) is 0 Å². The third-order valence-corrected chi connectivity index (χ3v) is 6.50. The van der Waals surface area contributed by atoms with Crippen molar-refractivity contribution in [3.05, 3.63) is 12.5 Å². The predicted octanol–water partition coefficient (Wildman–Crippen LogP) is -0.779. The van der Waals surface area contributed by atoms with E-state index in [4.69, 9.17) is 6.42 Å². The molecule has 0 aromatic carbocycles. The van der Waals surface area contributed by atoms with E-state index in [1.165, 1.54) is 12.5 Å². The monoisotopic (exact) mass is 303 g/mol. The van der Waals surface area contributed by atoms with Gasteiger partial charge in [-0.25, -0.2) is 21.8 Å². The molecule has 2 rings (SSSR count). The van der Waals surface area contributed by atoms with Crippen molar-refractivity contribution < 1.29 is 16.8 Å². The van der Waals surface area contributed by atoms with E-state index in [9.17, 15) is 16.8 Å². The first-order chi connectivity index (χ1) is 8.87. The minimum absolute atomic E-state index is 0.0166. The third kappa shape index (κ3) is 2.80. The van der Waals surface area contributed by atoms with Gasteiger partial charge in [0.25, 0.3) is 10.0 Å². The zero-order valence-corrected chi connectivity index (χ0v) is 11.6. The molecule has 1 saturated heterocycles. The minimum Gasteiger partial charge on any atom is -0.335 e. The lowest BCUT2D eigenvalue weighted by atomic mass is 10.3. The highest BCUT2D eigenvalue weighted by atomic mass is 32.2. The summed E-state index contributed by atoms with van der Waals surface area (Å²) in [6, 6.07) is -0.616. The number of terminal acetylenes is 1. The van der Waals surface area contributed by atoms with Crippen molar-refractivity contribution in [3.63, 3.8) is 0 Å². The molecule has 0 amide bonds. The van der Waals surface area contributed by atoms with Crippen molar-refractivity contribution in [1.82, 2.24) is 14.3 Å². The Labute approximate surface area is 112 Å². The number of imidazole rings is 1. The smallest absolute Gasteiger partial charge is 0.261 e. The van der Waals surface area contributed by atoms with Crippen LogP contribution in [0, 0.1) is 12.3 Å². The molecule has 1 aliphatic heterocycles. The zero-order valence-electron chi connectivity index (χ0n) is 9.98. The molecule has 1 unspecified atom stereocenters. The van der Waals surface area contributed by atoms with E-state index in [1.807, 2.05) is 0 Å². The summed E-state index contributed by atoms with van der Waals surface area (Å²) in [5.74, 6) is 2.05. The van der Waals surface area contributed by atoms with Gasteiger partial charge < -0.3 is 4.98 Å². The topological polar surface area (TPSA) is 100 Å². The van der Waals surface area contributed by atoms with Crippen LogP contribution in [0.1, 0.15) is 6.42 Å². The first-order valence-electron chi connectivity index (χ1n) is 5.51. The lowest BCUT2D eigenvalue weighted by Gasteiger charge is -2.24. The van der Waals surface area contributed by atoms with E-state index >= 15 is 0 Å². The number of aromatic nitrogens is 2. The van der Waals surface area contributed by atoms with Gasteiger partial charge in [-0.2, -0.15) is 4.31 Å². The molecule has 1 N–H and O–H groups in total. The van der Waals surface area contributed by atoms with Crippen LogP contribution in [0.15, 0.2) is 17.6 Å². The van der Waals surface area contributed by atoms with Gasteiger partial charge in [-0.3, -0.25) is 0 Å². The summed E-state index contributed by atoms with van der Waals surface area (Å²) in [7, 11) is -7.03. The molecule has 1 aliphatic rings. The predicted molar refractivity (Wildman–Crippen MR) is 68.4 cm³/mol. The molecule has 104 valence electrons. The highest BCUT2D eigenvalue weighted by Crippen LogP contribution is 2.23. The van der Waals surface area contributed by atoms with Gasteiger partial charge in [0.2, 0.25) is 0 Å². The molecule has 2 heterocycles. The van der Waals surface area contributed by atoms with Crippen molar-refractivity contribution in [2.45, 2.75) is 17.5 Å². The van der Waals surface area contributed by atoms with Gasteiger partial charge >= 0.3 is 0 Å². The van der Waals surface area contributed by atoms with E-state index in [2.05, 4.69) is 15.9 Å². The Balaban J connectivity index is 2.35. The van der Waals surface area contributed by atoms with E-state index in [1.54, 1.807) is 0 Å². The molecule has 1 atom stereocenters. The molecule has 0 bridgehead atoms. The molecule has 1 aromatic heterocycles. The summed E-state index contributed by atoms with van der Waals surface area (Å²) >= 11 is 0. The largest absolute Gasteiger partial charge is 0.335 e. The Kier molecular flexibility index (Phi) is 3.66. The number of hydrogen-bond acceptors (Lipinski definition) is 5. The second kappa shape index (κ2) is 4.96. The lowest BCUT2D eigenvalue weighted by Crippen LogP contribution is -2.41. The van der Waals surface area contributed by atoms with Gasteiger partial charge in [0.1, 0.15) is 0 Å². The molecule has 7 nitrogen and oxygen atoms in total. The van der Waals surface area contributed by atoms with Crippen molar-refractivity contribution in [3.8, 4) is 12.3 Å². The summed E-state index contributed by atoms with van der Waals surface area (Å²) in [6.07, 6.45) is 7.86. The fraction of sp³-hybridized carbons (Fsp3) is 0.500. The van der Waals surface area contributed by atoms with E-state index in [-0.39, 0.29) is 29.5 Å². The van der Waals surface area contributed by atoms with Gasteiger partial charge in [-0.05, 0) is 6.42 Å². The number of aromatic amines is 1. The average molecular weight is 303 g/mol. The number of sulfone groups is 1. The lowest BCUT2D eigenvalue weighted by molar-refractivity contribution is 0.370. The molecule has 0 radical (unpaired) electrons. The quantitative estimate of drug-likeness (QED) is 0.736. The number of nitrogens with one attached hydrogen (secondary N) is 1. The first kappa shape index (κ1) is 14.0. The standard InChI is InChI=1S/C10H13N3O4S2/c1-2-4-13(9-3-5-18(14,15)7-9)19(16,17)10-6-11-8-12-10/h1,6,8-9H,3-5,7H2,(H,11,12). The highest BCUT2D eigenvalue weighted by Gasteiger charge is 2.38. The fourth-order valence-electron chi connectivity index (χ4n) is 2.01. The maximum absolute atomic E-state index is 12.3. The average Bonchev–Trinajstić information content (AvgIpc) is 2.95. The summed E-state index contributed by atoms with van der Waals surface area (Å²) < 4.78 is 48.7. The Morgan fingerprint density at radius 3 is 2.79 bits per heavy atom. The Morgan fingerprint density at radius 1 is 1.58 bits per heavy atom. The molecule has 19 heavy (non-hydrogen) atoms. The summed E-state index contributed by atoms with van der Waals surface area (Å²) in [6.45, 7) is -0.165. The second-order valence-electron chi connectivity index (χ2n) is 4.23. The van der Waals surface area contributed by atoms with E-state index < -0.39 is 25.9 Å². The van der Waals surface area contributed by atoms with Crippen LogP contribution in [0.25, 0.3) is 0 Å². The number of hydrogen-bond donors (Lipinski definition) is 1. The summed E-state index contributed by atoms with van der Waals surface area (Å²) in [4.78, 5) is 6.16. The van der Waals surface area contributed by atoms with Crippen molar-refractivity contribution in [2.24, 2.45) is 0 Å². The SMILES string of the molecule is C#CCN(C1CCS(=O)(=O)C1)S(=O)(=O)c1cnc[nH]1. The van der Waals surface area contributed by atoms with Gasteiger partial charge in [-0.1, -0.05) is 5.92 Å². The van der Waals surface area contributed by atoms with Gasteiger partial charge in [0.15, 0.2) is 14.9 Å². The highest BCUT2D eigenvalue weighted by molar-refractivity contribution is 7.92. The molecular weight excluding hydrogens is 290 g/mol. The fourth-order valence-corrected chi connectivity index (χ4v) is 5.30. The minimum atomic E-state index is -3.85. The molecule has 1 aromatic rings. The molecule has 0 spiro atoms. The van der Waals surface area contributed by atoms with Crippen molar-refractivity contribution in [1.29, 1.82) is 0 Å². The number of nitrogens with zero attached hydrogens (tertiary/aromatic N) is 2. The van der Waals surface area contributed by atoms with E-state index in [0.717, 1.165) is 4.31 Å². The molecule has 1 fully saturated rings. The van der Waals surface area contributed by atoms with Gasteiger partial charge in [-0.15, -0.1) is 6.42 Å². The zero-order chi connectivity index (χ0) is 14.1. The Morgan fingerprint density at radius 2 is 2.32 bits per heavy atom. The first-order valence-corrected chi connectivity index (χ1v) is 8.77. The van der Waals surface area contributed by atoms with Gasteiger partial charge in [0.05, 0.1) is 30.6 Å². The van der Waals surface area contributed by atoms with Crippen molar-refractivity contribution in [2.75, 3.05) is 18.1 Å². The van der Waals surface area contributed by atoms with Gasteiger partial charge in [0, 0.05) is 6.04 Å². The van der Waals surface area contributed by atoms with Crippen LogP contribution >= 0.6 is 0 Å². The van der Waals surface area contributed by atoms with Crippen molar-refractivity contribution >= 4 is 19.9 Å². The van der Waals surface area contributed by atoms with Crippen LogP contribution in [0.3, 0.4) is 0 Å². The summed E-state index contributed by atoms with van der Waals surface area (Å²) in [5, 5.41) is -0.0907. The molecule has 0 saturated carbocycles. The number of H-pyrrole nitrogens is 1. The second-order valence-corrected chi connectivity index (χ2v) is 8.31. The maximum Gasteiger partial charge on any atom is 0.261 e. The Hall–Kier alpha value is -1.37. The van der Waals surface area contributed by atoms with Crippen LogP contribution in [0.2, 0.25) is 0 Å². The van der Waals surface area contributed by atoms with Crippen LogP contribution < -0.4 is 0 Å².